The molecule has 5 N–H and O–H groups in total. The van der Waals surface area contributed by atoms with Gasteiger partial charge in [-0.2, -0.15) is 12.9 Å². The fourth-order valence-electron chi connectivity index (χ4n) is 5.26. The number of aromatic amines is 1. The summed E-state index contributed by atoms with van der Waals surface area (Å²) in [6.07, 6.45) is -6.19. The van der Waals surface area contributed by atoms with Crippen LogP contribution in [0.25, 0.3) is 0 Å². The van der Waals surface area contributed by atoms with Crippen molar-refractivity contribution in [3.05, 3.63) is 140 Å². The van der Waals surface area contributed by atoms with E-state index in [2.05, 4.69) is 17.5 Å². The Labute approximate surface area is 327 Å². The minimum atomic E-state index is -6.22. The summed E-state index contributed by atoms with van der Waals surface area (Å²) in [5.74, 6) is -2.06. The van der Waals surface area contributed by atoms with E-state index in [9.17, 15) is 57.0 Å². The Balaban J connectivity index is 1.38. The number of carbonyl (C=O) groups excluding carboxylic acids is 2. The summed E-state index contributed by atoms with van der Waals surface area (Å²) in [6.45, 7) is 1.49. The molecule has 2 heterocycles. The van der Waals surface area contributed by atoms with Gasteiger partial charge in [0.25, 0.3) is 5.56 Å². The number of hydrogen-bond donors (Lipinski definition) is 5. The third kappa shape index (κ3) is 12.6. The third-order valence-electron chi connectivity index (χ3n) is 7.66. The fraction of sp³-hybridized carbons (Fsp3) is 0.250. The number of ether oxygens (including phenoxy) is 3. The Morgan fingerprint density at radius 3 is 1.74 bits per heavy atom. The van der Waals surface area contributed by atoms with Crippen LogP contribution in [0.3, 0.4) is 0 Å². The van der Waals surface area contributed by atoms with Crippen LogP contribution in [0, 0.1) is 13.8 Å². The van der Waals surface area contributed by atoms with Crippen LogP contribution in [0.4, 0.5) is 0 Å². The number of rotatable bonds is 17. The molecule has 1 saturated heterocycles. The highest BCUT2D eigenvalue weighted by atomic mass is 31.3. The zero-order valence-electron chi connectivity index (χ0n) is 29.9. The average molecular weight is 891 g/mol. The molecule has 4 aromatic rings. The minimum Gasteiger partial charge on any atom is -0.452 e. The summed E-state index contributed by atoms with van der Waals surface area (Å²) in [6, 6.07) is 20.6. The van der Waals surface area contributed by atoms with Gasteiger partial charge in [0.1, 0.15) is 6.10 Å². The van der Waals surface area contributed by atoms with Crippen molar-refractivity contribution in [3.63, 3.8) is 0 Å². The van der Waals surface area contributed by atoms with Crippen molar-refractivity contribution in [2.45, 2.75) is 45.0 Å². The molecule has 22 nitrogen and oxygen atoms in total. The number of benzene rings is 3. The van der Waals surface area contributed by atoms with E-state index in [-0.39, 0.29) is 11.1 Å². The van der Waals surface area contributed by atoms with Crippen LogP contribution in [-0.4, -0.2) is 66.0 Å². The lowest BCUT2D eigenvalue weighted by molar-refractivity contribution is -0.0597. The molecule has 8 atom stereocenters. The van der Waals surface area contributed by atoms with E-state index < -0.39 is 92.2 Å². The molecule has 5 unspecified atom stereocenters. The largest absolute Gasteiger partial charge is 0.490 e. The molecule has 0 amide bonds. The first-order valence-corrected chi connectivity index (χ1v) is 22.4. The van der Waals surface area contributed by atoms with Crippen LogP contribution >= 0.6 is 31.3 Å². The van der Waals surface area contributed by atoms with Crippen LogP contribution < -0.4 is 11.2 Å². The predicted molar refractivity (Wildman–Crippen MR) is 196 cm³/mol. The second-order valence-electron chi connectivity index (χ2n) is 12.2. The smallest absolute Gasteiger partial charge is 0.452 e. The number of aromatic nitrogens is 2. The van der Waals surface area contributed by atoms with E-state index >= 15 is 0 Å². The number of aryl methyl sites for hydroxylation is 2. The number of phosphoric ester groups is 2. The molecule has 1 aromatic heterocycles. The topological polar surface area (TPSA) is 312 Å². The number of phosphoric acid groups is 4. The summed E-state index contributed by atoms with van der Waals surface area (Å²) < 4.78 is 89.5. The maximum Gasteiger partial charge on any atom is 0.490 e. The van der Waals surface area contributed by atoms with Gasteiger partial charge in [0.05, 0.1) is 24.3 Å². The molecular weight excluding hydrogens is 856 g/mol. The monoisotopic (exact) mass is 890 g/mol. The zero-order valence-corrected chi connectivity index (χ0v) is 33.5. The second-order valence-corrected chi connectivity index (χ2v) is 18.5. The van der Waals surface area contributed by atoms with Gasteiger partial charge in [-0.15, -0.1) is 0 Å². The molecule has 1 aliphatic rings. The summed E-state index contributed by atoms with van der Waals surface area (Å²) >= 11 is 0. The molecule has 0 aliphatic carbocycles. The fourth-order valence-corrected chi connectivity index (χ4v) is 10.2. The number of carbonyl (C=O) groups is 2. The van der Waals surface area contributed by atoms with Gasteiger partial charge in [-0.1, -0.05) is 65.7 Å². The molecule has 26 heteroatoms. The number of nitrogens with one attached hydrogen (secondary N) is 1. The highest BCUT2D eigenvalue weighted by molar-refractivity contribution is 7.69. The summed E-state index contributed by atoms with van der Waals surface area (Å²) in [5, 5.41) is 0. The van der Waals surface area contributed by atoms with E-state index in [1.807, 2.05) is 4.98 Å². The first-order chi connectivity index (χ1) is 27.1. The van der Waals surface area contributed by atoms with Gasteiger partial charge < -0.3 is 33.8 Å². The van der Waals surface area contributed by atoms with E-state index in [0.29, 0.717) is 16.7 Å². The molecule has 58 heavy (non-hydrogen) atoms. The van der Waals surface area contributed by atoms with Gasteiger partial charge in [0.15, 0.2) is 18.4 Å². The van der Waals surface area contributed by atoms with E-state index in [4.69, 9.17) is 18.7 Å². The summed E-state index contributed by atoms with van der Waals surface area (Å²) in [4.78, 5) is 93.8. The standard InChI is InChI=1S/C32H34N2O20P4/c1-20-8-6-12-23(16-20)30(36)50-27-25(49-29(34-15-14-26(35)33-32(34)38)28(27)51-31(37)24-13-7-9-21(2)17-24)19-48-56(41,42)53-58(45,46)54-57(43,44)52-55(39,40)47-18-22-10-4-3-5-11-22/h3-17,25,27-29H,18-19H2,1-2H3,(H,39,40)(H,41,42)(H,43,44)(H,45,46)(H,33,35,38)/t25-,27+,28?,29-/m1/s1. The quantitative estimate of drug-likeness (QED) is 0.0733. The van der Waals surface area contributed by atoms with Gasteiger partial charge in [0.2, 0.25) is 0 Å². The van der Waals surface area contributed by atoms with E-state index in [1.54, 1.807) is 50.2 Å². The highest BCUT2D eigenvalue weighted by Gasteiger charge is 2.53. The maximum atomic E-state index is 13.4. The first kappa shape index (κ1) is 44.9. The molecule has 0 radical (unpaired) electrons. The van der Waals surface area contributed by atoms with Gasteiger partial charge in [-0.3, -0.25) is 23.4 Å². The second kappa shape index (κ2) is 18.4. The Kier molecular flexibility index (Phi) is 14.2. The Morgan fingerprint density at radius 2 is 1.21 bits per heavy atom. The Morgan fingerprint density at radius 1 is 0.690 bits per heavy atom. The molecule has 1 aliphatic heterocycles. The van der Waals surface area contributed by atoms with E-state index in [0.717, 1.165) is 16.8 Å². The Bertz CT molecular complexity index is 2460. The molecular formula is C32H34N2O20P4. The van der Waals surface area contributed by atoms with Crippen molar-refractivity contribution < 1.29 is 83.6 Å². The average Bonchev–Trinajstić information content (AvgIpc) is 3.44. The minimum absolute atomic E-state index is 0.00782. The van der Waals surface area contributed by atoms with Crippen molar-refractivity contribution >= 4 is 43.2 Å². The molecule has 0 saturated carbocycles. The Hall–Kier alpha value is -4.20. The van der Waals surface area contributed by atoms with Gasteiger partial charge in [-0.05, 0) is 43.7 Å². The SMILES string of the molecule is Cc1cccc(C(=O)OC2[C@@H](OC(=O)c3cccc(C)c3)[C@@H](COP(=O)(O)OP(=O)(O)OP(=O)(O)OP(=O)(O)OCc3ccccc3)O[C@H]2n2ccc(=O)[nH]c2=O)c1. The number of H-pyrrole nitrogens is 1. The van der Waals surface area contributed by atoms with Gasteiger partial charge in [0, 0.05) is 12.3 Å². The van der Waals surface area contributed by atoms with E-state index in [1.165, 1.54) is 42.5 Å². The van der Waals surface area contributed by atoms with Gasteiger partial charge in [-0.25, -0.2) is 32.6 Å². The number of hydrogen-bond acceptors (Lipinski definition) is 16. The zero-order chi connectivity index (χ0) is 42.5. The molecule has 1 fully saturated rings. The number of esters is 2. The summed E-state index contributed by atoms with van der Waals surface area (Å²) in [5.41, 5.74) is -0.343. The lowest BCUT2D eigenvalue weighted by Gasteiger charge is -2.25. The van der Waals surface area contributed by atoms with Crippen LogP contribution in [-0.2, 0) is 61.1 Å². The molecule has 5 rings (SSSR count). The maximum absolute atomic E-state index is 13.4. The van der Waals surface area contributed by atoms with Crippen molar-refractivity contribution in [1.82, 2.24) is 9.55 Å². The highest BCUT2D eigenvalue weighted by Crippen LogP contribution is 2.71. The van der Waals surface area contributed by atoms with Crippen LogP contribution in [0.5, 0.6) is 0 Å². The lowest BCUT2D eigenvalue weighted by atomic mass is 10.1. The van der Waals surface area contributed by atoms with Crippen LogP contribution in [0.2, 0.25) is 0 Å². The first-order valence-electron chi connectivity index (χ1n) is 16.4. The van der Waals surface area contributed by atoms with Crippen LogP contribution in [0.15, 0.2) is 101 Å². The van der Waals surface area contributed by atoms with Crippen molar-refractivity contribution in [1.29, 1.82) is 0 Å². The molecule has 0 spiro atoms. The summed E-state index contributed by atoms with van der Waals surface area (Å²) in [7, 11) is -23.7. The van der Waals surface area contributed by atoms with Crippen molar-refractivity contribution in [2.75, 3.05) is 6.61 Å². The van der Waals surface area contributed by atoms with Crippen molar-refractivity contribution in [2.24, 2.45) is 0 Å². The molecule has 0 bridgehead atoms. The van der Waals surface area contributed by atoms with Gasteiger partial charge >= 0.3 is 48.9 Å². The third-order valence-corrected chi connectivity index (χ3v) is 13.5. The van der Waals surface area contributed by atoms with Crippen LogP contribution in [0.1, 0.15) is 43.6 Å². The lowest BCUT2D eigenvalue weighted by Crippen LogP contribution is -2.42. The normalized spacial score (nSPS) is 22.1. The predicted octanol–water partition coefficient (Wildman–Crippen LogP) is 4.19. The number of nitrogens with zero attached hydrogens (tertiary/aromatic N) is 1. The molecule has 3 aromatic carbocycles. The van der Waals surface area contributed by atoms with Crippen molar-refractivity contribution in [3.8, 4) is 0 Å². The molecule has 312 valence electrons.